The summed E-state index contributed by atoms with van der Waals surface area (Å²) in [6.45, 7) is 3.24. The van der Waals surface area contributed by atoms with Crippen LogP contribution in [-0.4, -0.2) is 14.5 Å². The molecule has 1 aromatic carbocycles. The van der Waals surface area contributed by atoms with Gasteiger partial charge in [-0.15, -0.1) is 0 Å². The molecule has 106 valence electrons. The van der Waals surface area contributed by atoms with Gasteiger partial charge in [0.05, 0.1) is 17.5 Å². The van der Waals surface area contributed by atoms with Crippen molar-refractivity contribution in [3.05, 3.63) is 52.3 Å². The number of aryl methyl sites for hydroxylation is 1. The Morgan fingerprint density at radius 3 is 3.00 bits per heavy atom. The highest BCUT2D eigenvalue weighted by Gasteiger charge is 2.15. The summed E-state index contributed by atoms with van der Waals surface area (Å²) in [6, 6.07) is 3.45. The van der Waals surface area contributed by atoms with Gasteiger partial charge in [0.2, 0.25) is 0 Å². The molecule has 0 radical (unpaired) electrons. The summed E-state index contributed by atoms with van der Waals surface area (Å²) in [5.41, 5.74) is 0.000969. The minimum absolute atomic E-state index is 0.279. The fraction of sp³-hybridized carbons (Fsp3) is 0.308. The van der Waals surface area contributed by atoms with E-state index < -0.39 is 10.7 Å². The smallest absolute Gasteiger partial charge is 0.295 e. The number of rotatable bonds is 6. The summed E-state index contributed by atoms with van der Waals surface area (Å²) in [7, 11) is 0. The lowest BCUT2D eigenvalue weighted by Crippen LogP contribution is -2.09. The summed E-state index contributed by atoms with van der Waals surface area (Å²) >= 11 is 0. The molecule has 1 N–H and O–H groups in total. The number of hydrogen-bond acceptors (Lipinski definition) is 4. The zero-order valence-corrected chi connectivity index (χ0v) is 11.0. The first-order chi connectivity index (χ1) is 9.61. The monoisotopic (exact) mass is 278 g/mol. The predicted octanol–water partition coefficient (Wildman–Crippen LogP) is 2.95. The van der Waals surface area contributed by atoms with Crippen LogP contribution in [0.2, 0.25) is 0 Å². The van der Waals surface area contributed by atoms with Gasteiger partial charge < -0.3 is 9.88 Å². The van der Waals surface area contributed by atoms with E-state index in [-0.39, 0.29) is 11.4 Å². The highest BCUT2D eigenvalue weighted by Crippen LogP contribution is 2.25. The van der Waals surface area contributed by atoms with Crippen LogP contribution in [-0.2, 0) is 13.1 Å². The second-order valence-corrected chi connectivity index (χ2v) is 4.31. The third kappa shape index (κ3) is 3.11. The van der Waals surface area contributed by atoms with Crippen molar-refractivity contribution in [1.29, 1.82) is 0 Å². The SMILES string of the molecule is CCCn1ccnc1CNc1ccc(F)cc1[N+](=O)[O-]. The Hall–Kier alpha value is -2.44. The van der Waals surface area contributed by atoms with Crippen LogP contribution in [0, 0.1) is 15.9 Å². The minimum atomic E-state index is -0.630. The second kappa shape index (κ2) is 6.14. The highest BCUT2D eigenvalue weighted by molar-refractivity contribution is 5.61. The molecule has 6 nitrogen and oxygen atoms in total. The molecule has 0 aliphatic carbocycles. The Labute approximate surface area is 115 Å². The van der Waals surface area contributed by atoms with Crippen molar-refractivity contribution in [3.63, 3.8) is 0 Å². The summed E-state index contributed by atoms with van der Waals surface area (Å²) in [5, 5.41) is 13.8. The highest BCUT2D eigenvalue weighted by atomic mass is 19.1. The van der Waals surface area contributed by atoms with Crippen LogP contribution in [0.1, 0.15) is 19.2 Å². The van der Waals surface area contributed by atoms with E-state index in [2.05, 4.69) is 17.2 Å². The van der Waals surface area contributed by atoms with Crippen molar-refractivity contribution in [2.45, 2.75) is 26.4 Å². The van der Waals surface area contributed by atoms with Crippen LogP contribution in [0.25, 0.3) is 0 Å². The second-order valence-electron chi connectivity index (χ2n) is 4.31. The third-order valence-electron chi connectivity index (χ3n) is 2.86. The Morgan fingerprint density at radius 1 is 1.50 bits per heavy atom. The van der Waals surface area contributed by atoms with E-state index in [1.165, 1.54) is 12.1 Å². The van der Waals surface area contributed by atoms with Gasteiger partial charge in [0.1, 0.15) is 17.3 Å². The molecule has 0 saturated heterocycles. The molecule has 20 heavy (non-hydrogen) atoms. The fourth-order valence-electron chi connectivity index (χ4n) is 1.93. The lowest BCUT2D eigenvalue weighted by molar-refractivity contribution is -0.384. The predicted molar refractivity (Wildman–Crippen MR) is 72.9 cm³/mol. The van der Waals surface area contributed by atoms with Crippen molar-refractivity contribution in [2.24, 2.45) is 0 Å². The van der Waals surface area contributed by atoms with Gasteiger partial charge in [0.15, 0.2) is 0 Å². The van der Waals surface area contributed by atoms with Crippen molar-refractivity contribution in [3.8, 4) is 0 Å². The molecule has 0 unspecified atom stereocenters. The Bertz CT molecular complexity index is 612. The topological polar surface area (TPSA) is 73.0 Å². The average Bonchev–Trinajstić information content (AvgIpc) is 2.85. The van der Waals surface area contributed by atoms with E-state index in [4.69, 9.17) is 0 Å². The Kier molecular flexibility index (Phi) is 4.29. The molecule has 0 aliphatic rings. The van der Waals surface area contributed by atoms with Crippen LogP contribution in [0.15, 0.2) is 30.6 Å². The minimum Gasteiger partial charge on any atom is -0.372 e. The van der Waals surface area contributed by atoms with E-state index in [0.29, 0.717) is 6.54 Å². The van der Waals surface area contributed by atoms with Crippen LogP contribution in [0.3, 0.4) is 0 Å². The first-order valence-electron chi connectivity index (χ1n) is 6.29. The number of benzene rings is 1. The van der Waals surface area contributed by atoms with E-state index >= 15 is 0 Å². The molecule has 0 aliphatic heterocycles. The molecular weight excluding hydrogens is 263 g/mol. The number of nitro groups is 1. The van der Waals surface area contributed by atoms with Crippen LogP contribution in [0.4, 0.5) is 15.8 Å². The van der Waals surface area contributed by atoms with Crippen molar-refractivity contribution >= 4 is 11.4 Å². The average molecular weight is 278 g/mol. The van der Waals surface area contributed by atoms with Gasteiger partial charge in [-0.05, 0) is 18.6 Å². The van der Waals surface area contributed by atoms with Crippen LogP contribution in [0.5, 0.6) is 0 Å². The molecule has 0 atom stereocenters. The summed E-state index contributed by atoms with van der Waals surface area (Å²) in [6.07, 6.45) is 4.52. The van der Waals surface area contributed by atoms with Gasteiger partial charge in [-0.25, -0.2) is 9.37 Å². The van der Waals surface area contributed by atoms with Crippen LogP contribution >= 0.6 is 0 Å². The molecule has 1 aromatic heterocycles. The van der Waals surface area contributed by atoms with Gasteiger partial charge in [0, 0.05) is 18.9 Å². The zero-order valence-electron chi connectivity index (χ0n) is 11.0. The maximum atomic E-state index is 13.0. The first kappa shape index (κ1) is 14.0. The van der Waals surface area contributed by atoms with Crippen molar-refractivity contribution in [2.75, 3.05) is 5.32 Å². The molecule has 0 saturated carbocycles. The van der Waals surface area contributed by atoms with Gasteiger partial charge in [0.25, 0.3) is 5.69 Å². The molecule has 0 spiro atoms. The van der Waals surface area contributed by atoms with E-state index in [1.807, 2.05) is 10.8 Å². The number of nitrogens with zero attached hydrogens (tertiary/aromatic N) is 3. The number of nitro benzene ring substituents is 1. The number of aromatic nitrogens is 2. The Balaban J connectivity index is 2.14. The number of anilines is 1. The normalized spacial score (nSPS) is 10.5. The molecular formula is C13H15FN4O2. The number of halogens is 1. The van der Waals surface area contributed by atoms with Gasteiger partial charge in [-0.2, -0.15) is 0 Å². The molecule has 7 heteroatoms. The lowest BCUT2D eigenvalue weighted by Gasteiger charge is -2.09. The van der Waals surface area contributed by atoms with E-state index in [9.17, 15) is 14.5 Å². The van der Waals surface area contributed by atoms with E-state index in [1.54, 1.807) is 6.20 Å². The lowest BCUT2D eigenvalue weighted by atomic mass is 10.2. The zero-order chi connectivity index (χ0) is 14.5. The summed E-state index contributed by atoms with van der Waals surface area (Å²) in [5.74, 6) is 0.153. The summed E-state index contributed by atoms with van der Waals surface area (Å²) in [4.78, 5) is 14.5. The fourth-order valence-corrected chi connectivity index (χ4v) is 1.93. The molecule has 2 aromatic rings. The maximum Gasteiger partial charge on any atom is 0.295 e. The molecule has 2 rings (SSSR count). The number of nitrogens with one attached hydrogen (secondary N) is 1. The first-order valence-corrected chi connectivity index (χ1v) is 6.29. The van der Waals surface area contributed by atoms with Crippen molar-refractivity contribution in [1.82, 2.24) is 9.55 Å². The number of imidazole rings is 1. The molecule has 0 amide bonds. The van der Waals surface area contributed by atoms with Gasteiger partial charge in [-0.3, -0.25) is 10.1 Å². The molecule has 0 bridgehead atoms. The molecule has 1 heterocycles. The molecule has 0 fully saturated rings. The quantitative estimate of drug-likeness (QED) is 0.651. The summed E-state index contributed by atoms with van der Waals surface area (Å²) < 4.78 is 15.0. The van der Waals surface area contributed by atoms with Gasteiger partial charge in [-0.1, -0.05) is 6.92 Å². The third-order valence-corrected chi connectivity index (χ3v) is 2.86. The van der Waals surface area contributed by atoms with Crippen molar-refractivity contribution < 1.29 is 9.31 Å². The standard InChI is InChI=1S/C13H15FN4O2/c1-2-6-17-7-5-15-13(17)9-16-11-4-3-10(14)8-12(11)18(19)20/h3-5,7-8,16H,2,6,9H2,1H3. The van der Waals surface area contributed by atoms with Crippen LogP contribution < -0.4 is 5.32 Å². The number of hydrogen-bond donors (Lipinski definition) is 1. The van der Waals surface area contributed by atoms with Gasteiger partial charge >= 0.3 is 0 Å². The Morgan fingerprint density at radius 2 is 2.30 bits per heavy atom. The largest absolute Gasteiger partial charge is 0.372 e. The maximum absolute atomic E-state index is 13.0. The van der Waals surface area contributed by atoms with E-state index in [0.717, 1.165) is 24.9 Å².